The Labute approximate surface area is 89.7 Å². The summed E-state index contributed by atoms with van der Waals surface area (Å²) in [5.74, 6) is 3.49. The van der Waals surface area contributed by atoms with E-state index >= 15 is 0 Å². The molecule has 0 spiro atoms. The van der Waals surface area contributed by atoms with Gasteiger partial charge in [0.25, 0.3) is 0 Å². The van der Waals surface area contributed by atoms with Gasteiger partial charge in [-0.15, -0.1) is 0 Å². The molecule has 5 heteroatoms. The first-order valence-electron chi connectivity index (χ1n) is 3.92. The fourth-order valence-electron chi connectivity index (χ4n) is 0.982. The highest BCUT2D eigenvalue weighted by molar-refractivity contribution is 7.80. The average Bonchev–Trinajstić information content (AvgIpc) is 2.14. The molecular weight excluding hydrogens is 228 g/mol. The van der Waals surface area contributed by atoms with Crippen LogP contribution in [0, 0.1) is 17.7 Å². The standard InChI is InChI=1S/C10H6F4S/c11-9-7(4-2-6-15)3-1-5-8(9)10(12,13)14/h1,3,5,15H,6H2. The fraction of sp³-hybridized carbons (Fsp3) is 0.200. The lowest BCUT2D eigenvalue weighted by atomic mass is 10.1. The molecular formula is C10H6F4S. The fourth-order valence-corrected chi connectivity index (χ4v) is 1.06. The molecule has 0 N–H and O–H groups in total. The van der Waals surface area contributed by atoms with Crippen LogP contribution in [0.15, 0.2) is 18.2 Å². The third-order valence-corrected chi connectivity index (χ3v) is 1.76. The number of thiol groups is 1. The van der Waals surface area contributed by atoms with Crippen molar-refractivity contribution in [2.75, 3.05) is 5.75 Å². The van der Waals surface area contributed by atoms with E-state index in [-0.39, 0.29) is 11.3 Å². The molecule has 0 radical (unpaired) electrons. The average molecular weight is 234 g/mol. The van der Waals surface area contributed by atoms with Crippen LogP contribution in [0.4, 0.5) is 17.6 Å². The molecule has 0 aliphatic carbocycles. The molecule has 1 aromatic rings. The summed E-state index contributed by atoms with van der Waals surface area (Å²) in [7, 11) is 0. The maximum Gasteiger partial charge on any atom is 0.419 e. The molecule has 0 aliphatic rings. The van der Waals surface area contributed by atoms with Gasteiger partial charge in [-0.2, -0.15) is 25.8 Å². The van der Waals surface area contributed by atoms with Gasteiger partial charge in [0, 0.05) is 0 Å². The predicted molar refractivity (Wildman–Crippen MR) is 52.1 cm³/mol. The second-order valence-corrected chi connectivity index (χ2v) is 2.94. The van der Waals surface area contributed by atoms with Crippen LogP contribution in [0.3, 0.4) is 0 Å². The van der Waals surface area contributed by atoms with Crippen molar-refractivity contribution in [1.29, 1.82) is 0 Å². The zero-order valence-electron chi connectivity index (χ0n) is 7.40. The molecule has 0 aromatic heterocycles. The molecule has 0 saturated heterocycles. The lowest BCUT2D eigenvalue weighted by Crippen LogP contribution is -2.08. The minimum Gasteiger partial charge on any atom is -0.205 e. The van der Waals surface area contributed by atoms with Crippen LogP contribution in [0.25, 0.3) is 0 Å². The Kier molecular flexibility index (Phi) is 3.64. The Hall–Kier alpha value is -1.15. The quantitative estimate of drug-likeness (QED) is 0.398. The minimum absolute atomic E-state index is 0.162. The van der Waals surface area contributed by atoms with Gasteiger partial charge in [-0.1, -0.05) is 17.9 Å². The van der Waals surface area contributed by atoms with Gasteiger partial charge in [0.1, 0.15) is 0 Å². The monoisotopic (exact) mass is 234 g/mol. The summed E-state index contributed by atoms with van der Waals surface area (Å²) in [5.41, 5.74) is -1.56. The van der Waals surface area contributed by atoms with E-state index < -0.39 is 17.6 Å². The number of hydrogen-bond acceptors (Lipinski definition) is 1. The van der Waals surface area contributed by atoms with Crippen LogP contribution < -0.4 is 0 Å². The third-order valence-electron chi connectivity index (χ3n) is 1.61. The summed E-state index contributed by atoms with van der Waals surface area (Å²) in [6, 6.07) is 3.00. The molecule has 0 bridgehead atoms. The molecule has 0 heterocycles. The molecule has 0 atom stereocenters. The van der Waals surface area contributed by atoms with Gasteiger partial charge in [-0.25, -0.2) is 4.39 Å². The summed E-state index contributed by atoms with van der Waals surface area (Å²) in [5, 5.41) is 0. The largest absolute Gasteiger partial charge is 0.419 e. The van der Waals surface area contributed by atoms with Gasteiger partial charge in [0.05, 0.1) is 16.9 Å². The van der Waals surface area contributed by atoms with Gasteiger partial charge >= 0.3 is 6.18 Å². The predicted octanol–water partition coefficient (Wildman–Crippen LogP) is 3.13. The molecule has 0 nitrogen and oxygen atoms in total. The zero-order chi connectivity index (χ0) is 11.5. The van der Waals surface area contributed by atoms with E-state index in [0.717, 1.165) is 6.07 Å². The van der Waals surface area contributed by atoms with Gasteiger partial charge in [-0.3, -0.25) is 0 Å². The van der Waals surface area contributed by atoms with Crippen LogP contribution in [-0.4, -0.2) is 5.75 Å². The first-order chi connectivity index (χ1) is 6.96. The molecule has 80 valence electrons. The maximum absolute atomic E-state index is 13.2. The van der Waals surface area contributed by atoms with Crippen molar-refractivity contribution in [3.63, 3.8) is 0 Å². The molecule has 0 aliphatic heterocycles. The number of benzene rings is 1. The Morgan fingerprint density at radius 3 is 2.47 bits per heavy atom. The molecule has 1 rings (SSSR count). The number of rotatable bonds is 0. The van der Waals surface area contributed by atoms with Crippen molar-refractivity contribution in [3.05, 3.63) is 35.1 Å². The molecule has 0 saturated carbocycles. The van der Waals surface area contributed by atoms with Crippen molar-refractivity contribution in [3.8, 4) is 11.8 Å². The lowest BCUT2D eigenvalue weighted by molar-refractivity contribution is -0.140. The Morgan fingerprint density at radius 2 is 1.93 bits per heavy atom. The van der Waals surface area contributed by atoms with Crippen molar-refractivity contribution in [1.82, 2.24) is 0 Å². The number of halogens is 4. The van der Waals surface area contributed by atoms with Gasteiger partial charge in [0.2, 0.25) is 0 Å². The van der Waals surface area contributed by atoms with Gasteiger partial charge < -0.3 is 0 Å². The Bertz CT molecular complexity index is 412. The first-order valence-corrected chi connectivity index (χ1v) is 4.55. The smallest absolute Gasteiger partial charge is 0.205 e. The van der Waals surface area contributed by atoms with E-state index in [2.05, 4.69) is 24.5 Å². The van der Waals surface area contributed by atoms with E-state index in [1.54, 1.807) is 0 Å². The summed E-state index contributed by atoms with van der Waals surface area (Å²) >= 11 is 3.75. The van der Waals surface area contributed by atoms with E-state index in [4.69, 9.17) is 0 Å². The topological polar surface area (TPSA) is 0 Å². The second-order valence-electron chi connectivity index (χ2n) is 2.62. The summed E-state index contributed by atoms with van der Waals surface area (Å²) in [4.78, 5) is 0. The molecule has 15 heavy (non-hydrogen) atoms. The van der Waals surface area contributed by atoms with Crippen LogP contribution >= 0.6 is 12.6 Å². The van der Waals surface area contributed by atoms with Crippen molar-refractivity contribution >= 4 is 12.6 Å². The Balaban J connectivity index is 3.23. The summed E-state index contributed by atoms with van der Waals surface area (Å²) in [6.45, 7) is 0. The molecule has 1 aromatic carbocycles. The van der Waals surface area contributed by atoms with Crippen LogP contribution in [0.5, 0.6) is 0 Å². The number of alkyl halides is 3. The SMILES string of the molecule is Fc1c(C#CCS)cccc1C(F)(F)F. The summed E-state index contributed by atoms with van der Waals surface area (Å²) in [6.07, 6.45) is -4.69. The number of hydrogen-bond donors (Lipinski definition) is 1. The molecule has 0 amide bonds. The molecule has 0 unspecified atom stereocenters. The zero-order valence-corrected chi connectivity index (χ0v) is 8.29. The highest BCUT2D eigenvalue weighted by Gasteiger charge is 2.34. The van der Waals surface area contributed by atoms with E-state index in [9.17, 15) is 17.6 Å². The van der Waals surface area contributed by atoms with E-state index in [1.807, 2.05) is 0 Å². The van der Waals surface area contributed by atoms with Gasteiger partial charge in [-0.05, 0) is 12.1 Å². The lowest BCUT2D eigenvalue weighted by Gasteiger charge is -2.08. The maximum atomic E-state index is 13.2. The normalized spacial score (nSPS) is 10.7. The first kappa shape index (κ1) is 11.9. The van der Waals surface area contributed by atoms with E-state index in [0.29, 0.717) is 6.07 Å². The van der Waals surface area contributed by atoms with E-state index in [1.165, 1.54) is 6.07 Å². The second kappa shape index (κ2) is 4.58. The van der Waals surface area contributed by atoms with Crippen LogP contribution in [0.2, 0.25) is 0 Å². The highest BCUT2D eigenvalue weighted by Crippen LogP contribution is 2.32. The summed E-state index contributed by atoms with van der Waals surface area (Å²) < 4.78 is 50.0. The van der Waals surface area contributed by atoms with Crippen LogP contribution in [0.1, 0.15) is 11.1 Å². The highest BCUT2D eigenvalue weighted by atomic mass is 32.1. The van der Waals surface area contributed by atoms with Crippen LogP contribution in [-0.2, 0) is 6.18 Å². The molecule has 0 fully saturated rings. The minimum atomic E-state index is -4.69. The third kappa shape index (κ3) is 2.90. The van der Waals surface area contributed by atoms with Crippen molar-refractivity contribution < 1.29 is 17.6 Å². The van der Waals surface area contributed by atoms with Crippen molar-refractivity contribution in [2.24, 2.45) is 0 Å². The van der Waals surface area contributed by atoms with Crippen molar-refractivity contribution in [2.45, 2.75) is 6.18 Å². The Morgan fingerprint density at radius 1 is 1.27 bits per heavy atom. The van der Waals surface area contributed by atoms with Gasteiger partial charge in [0.15, 0.2) is 5.82 Å².